The number of para-hydroxylation sites is 6. The summed E-state index contributed by atoms with van der Waals surface area (Å²) in [7, 11) is -15.3. The molecular formula is C42H39F12N9OsP2. The van der Waals surface area contributed by atoms with Gasteiger partial charge in [0.1, 0.15) is 17.1 Å². The number of nitrogens with zero attached hydrogens (tertiary/aromatic N) is 9. The zero-order chi connectivity index (χ0) is 48.3. The maximum absolute atomic E-state index is 10.7. The van der Waals surface area contributed by atoms with E-state index < -0.39 is 15.6 Å². The second-order valence-corrected chi connectivity index (χ2v) is 18.4. The van der Waals surface area contributed by atoms with Crippen molar-refractivity contribution < 1.29 is 70.2 Å². The Bertz CT molecular complexity index is 2750. The number of aromatic nitrogens is 9. The average Bonchev–Trinajstić information content (AvgIpc) is 3.84. The molecule has 66 heavy (non-hydrogen) atoms. The molecule has 0 aliphatic carbocycles. The Labute approximate surface area is 382 Å². The molecule has 0 saturated carbocycles. The van der Waals surface area contributed by atoms with Crippen LogP contribution in [-0.2, 0) is 40.9 Å². The largest absolute Gasteiger partial charge is 2.00 e. The molecule has 0 aliphatic rings. The van der Waals surface area contributed by atoms with Crippen LogP contribution in [-0.4, -0.2) is 43.6 Å². The number of hydrogen-bond acceptors (Lipinski definition) is 6. The number of halogens is 12. The van der Waals surface area contributed by atoms with E-state index >= 15 is 0 Å². The van der Waals surface area contributed by atoms with Crippen LogP contribution in [0.25, 0.3) is 67.7 Å². The molecule has 0 bridgehead atoms. The fraction of sp³-hybridized carbons (Fsp3) is 0.143. The van der Waals surface area contributed by atoms with Crippen LogP contribution >= 0.6 is 15.6 Å². The van der Waals surface area contributed by atoms with Crippen LogP contribution < -0.4 is 0 Å². The van der Waals surface area contributed by atoms with E-state index in [-0.39, 0.29) is 19.8 Å². The number of rotatable bonds is 3. The van der Waals surface area contributed by atoms with E-state index in [0.717, 1.165) is 84.3 Å². The fourth-order valence-electron chi connectivity index (χ4n) is 5.92. The van der Waals surface area contributed by atoms with Gasteiger partial charge in [-0.3, -0.25) is 15.0 Å². The fourth-order valence-corrected chi connectivity index (χ4v) is 5.92. The van der Waals surface area contributed by atoms with E-state index in [9.17, 15) is 50.4 Å². The Morgan fingerprint density at radius 1 is 0.348 bits per heavy atom. The van der Waals surface area contributed by atoms with Crippen molar-refractivity contribution in [3.05, 3.63) is 144 Å². The molecule has 6 heterocycles. The van der Waals surface area contributed by atoms with Crippen molar-refractivity contribution in [2.75, 3.05) is 0 Å². The van der Waals surface area contributed by atoms with Crippen LogP contribution in [0.5, 0.6) is 0 Å². The third kappa shape index (κ3) is 17.2. The molecule has 9 nitrogen and oxygen atoms in total. The van der Waals surface area contributed by atoms with E-state index in [4.69, 9.17) is 0 Å². The molecule has 0 atom stereocenters. The minimum Gasteiger partial charge on any atom is 2.00 e. The van der Waals surface area contributed by atoms with Gasteiger partial charge in [0.15, 0.2) is 17.5 Å². The van der Waals surface area contributed by atoms with Gasteiger partial charge in [-0.2, -0.15) is 0 Å². The minimum atomic E-state index is -10.7. The number of benzene rings is 3. The van der Waals surface area contributed by atoms with Crippen LogP contribution in [0.2, 0.25) is 0 Å². The summed E-state index contributed by atoms with van der Waals surface area (Å²) in [4.78, 5) is 27.1. The van der Waals surface area contributed by atoms with Crippen molar-refractivity contribution in [1.29, 1.82) is 0 Å². The maximum atomic E-state index is 9.87. The van der Waals surface area contributed by atoms with E-state index in [2.05, 4.69) is 80.0 Å². The molecule has 0 amide bonds. The predicted octanol–water partition coefficient (Wildman–Crippen LogP) is 15.6. The molecular weight excluding hydrogens is 1110 g/mol. The summed E-state index contributed by atoms with van der Waals surface area (Å²) in [5.74, 6) is 2.73. The average molecular weight is 1150 g/mol. The third-order valence-electron chi connectivity index (χ3n) is 8.78. The zero-order valence-electron chi connectivity index (χ0n) is 35.4. The third-order valence-corrected chi connectivity index (χ3v) is 8.78. The van der Waals surface area contributed by atoms with Gasteiger partial charge in [-0.1, -0.05) is 54.6 Å². The van der Waals surface area contributed by atoms with Crippen LogP contribution in [0.4, 0.5) is 50.4 Å². The summed E-state index contributed by atoms with van der Waals surface area (Å²) in [5, 5.41) is 0. The second kappa shape index (κ2) is 18.1. The summed E-state index contributed by atoms with van der Waals surface area (Å²) < 4.78 is 125. The second-order valence-electron chi connectivity index (χ2n) is 14.5. The molecule has 0 N–H and O–H groups in total. The topological polar surface area (TPSA) is 92.1 Å². The normalized spacial score (nSPS) is 13.4. The van der Waals surface area contributed by atoms with Crippen LogP contribution in [0, 0.1) is 20.8 Å². The Morgan fingerprint density at radius 3 is 0.742 bits per heavy atom. The summed E-state index contributed by atoms with van der Waals surface area (Å²) >= 11 is 0. The zero-order valence-corrected chi connectivity index (χ0v) is 39.8. The Hall–Kier alpha value is -5.82. The molecule has 24 heteroatoms. The Morgan fingerprint density at radius 2 is 0.561 bits per heavy atom. The molecule has 9 aromatic rings. The Balaban J connectivity index is 0.000000189. The molecule has 3 aromatic carbocycles. The van der Waals surface area contributed by atoms with Crippen LogP contribution in [0.1, 0.15) is 16.7 Å². The predicted molar refractivity (Wildman–Crippen MR) is 233 cm³/mol. The quantitative estimate of drug-likeness (QED) is 0.129. The summed E-state index contributed by atoms with van der Waals surface area (Å²) in [6.07, 6.45) is 5.61. The molecule has 0 unspecified atom stereocenters. The molecule has 0 radical (unpaired) electrons. The van der Waals surface area contributed by atoms with Crippen molar-refractivity contribution in [3.63, 3.8) is 0 Å². The van der Waals surface area contributed by atoms with E-state index in [1.807, 2.05) is 133 Å². The molecule has 0 spiro atoms. The monoisotopic (exact) mass is 1150 g/mol. The molecule has 9 rings (SSSR count). The van der Waals surface area contributed by atoms with Gasteiger partial charge < -0.3 is 13.7 Å². The first-order valence-corrected chi connectivity index (χ1v) is 22.9. The van der Waals surface area contributed by atoms with E-state index in [1.165, 1.54) is 0 Å². The smallest absolute Gasteiger partial charge is 2.00 e. The SMILES string of the molecule is Cc1ccc(-c2nc3ccccc3n2C)nc1.Cc1ccc(-c2nc3ccccc3n2C)nc1.Cc1ccc(-c2nc3ccccc3n2C)nc1.F[P-](F)(F)(F)(F)F.F[P-](F)(F)(F)(F)F.[Os+2]. The number of aryl methyl sites for hydroxylation is 6. The summed E-state index contributed by atoms with van der Waals surface area (Å²) in [5.41, 5.74) is 12.6. The van der Waals surface area contributed by atoms with Gasteiger partial charge in [-0.15, -0.1) is 0 Å². The first-order chi connectivity index (χ1) is 29.7. The summed E-state index contributed by atoms with van der Waals surface area (Å²) in [6.45, 7) is 6.10. The van der Waals surface area contributed by atoms with Crippen molar-refractivity contribution in [2.24, 2.45) is 21.1 Å². The van der Waals surface area contributed by atoms with E-state index in [0.29, 0.717) is 0 Å². The van der Waals surface area contributed by atoms with Gasteiger partial charge in [-0.05, 0) is 92.1 Å². The number of imidazole rings is 3. The molecule has 0 fully saturated rings. The molecule has 6 aromatic heterocycles. The molecule has 354 valence electrons. The first kappa shape index (κ1) is 52.8. The van der Waals surface area contributed by atoms with Crippen molar-refractivity contribution >= 4 is 48.7 Å². The minimum absolute atomic E-state index is 0. The number of fused-ring (bicyclic) bond motifs is 3. The molecule has 0 saturated heterocycles. The van der Waals surface area contributed by atoms with E-state index in [1.54, 1.807) is 0 Å². The number of pyridine rings is 3. The standard InChI is InChI=1S/3C14H13N3.2F6P.Os/c3*1-10-7-8-12(15-9-10)14-16-11-5-3-4-6-13(11)17(14)2;2*1-7(2,3,4,5)6;/h3*3-9H,1-2H3;;;/q;;;2*-1;+2. The van der Waals surface area contributed by atoms with Gasteiger partial charge in [0.2, 0.25) is 0 Å². The van der Waals surface area contributed by atoms with Gasteiger partial charge in [-0.25, -0.2) is 15.0 Å². The van der Waals surface area contributed by atoms with Crippen LogP contribution in [0.3, 0.4) is 0 Å². The van der Waals surface area contributed by atoms with Crippen LogP contribution in [0.15, 0.2) is 128 Å². The summed E-state index contributed by atoms with van der Waals surface area (Å²) in [6, 6.07) is 36.6. The maximum Gasteiger partial charge on any atom is 2.00 e. The van der Waals surface area contributed by atoms with Gasteiger partial charge in [0, 0.05) is 39.7 Å². The molecule has 0 aliphatic heterocycles. The Kier molecular flexibility index (Phi) is 14.5. The van der Waals surface area contributed by atoms with Crippen molar-refractivity contribution in [1.82, 2.24) is 43.6 Å². The van der Waals surface area contributed by atoms with Crippen molar-refractivity contribution in [2.45, 2.75) is 20.8 Å². The van der Waals surface area contributed by atoms with Gasteiger partial charge >= 0.3 is 85.8 Å². The van der Waals surface area contributed by atoms with Crippen molar-refractivity contribution in [3.8, 4) is 34.6 Å². The van der Waals surface area contributed by atoms with Gasteiger partial charge in [0.05, 0.1) is 33.1 Å². The number of hydrogen-bond donors (Lipinski definition) is 0. The van der Waals surface area contributed by atoms with Gasteiger partial charge in [0.25, 0.3) is 0 Å². The first-order valence-electron chi connectivity index (χ1n) is 18.8.